The molecule has 1 aliphatic heterocycles. The Labute approximate surface area is 174 Å². The number of ether oxygens (including phenoxy) is 3. The Morgan fingerprint density at radius 1 is 1.20 bits per heavy atom. The van der Waals surface area contributed by atoms with Gasteiger partial charge in [-0.1, -0.05) is 0 Å². The molecule has 1 aliphatic rings. The average molecular weight is 411 g/mol. The summed E-state index contributed by atoms with van der Waals surface area (Å²) < 4.78 is 24.0. The molecule has 0 radical (unpaired) electrons. The topological polar surface area (TPSA) is 79.0 Å². The Hall–Kier alpha value is -3.42. The third-order valence-electron chi connectivity index (χ3n) is 5.17. The minimum atomic E-state index is -0.188. The number of fused-ring (bicyclic) bond motifs is 1. The third-order valence-corrected chi connectivity index (χ3v) is 5.17. The van der Waals surface area contributed by atoms with Gasteiger partial charge >= 0.3 is 0 Å². The van der Waals surface area contributed by atoms with Gasteiger partial charge in [0.1, 0.15) is 18.1 Å². The molecule has 3 heterocycles. The molecule has 0 fully saturated rings. The molecule has 0 bridgehead atoms. The number of amides is 1. The van der Waals surface area contributed by atoms with E-state index in [1.54, 1.807) is 42.3 Å². The molecule has 158 valence electrons. The lowest BCUT2D eigenvalue weighted by molar-refractivity contribution is 0.0749. The van der Waals surface area contributed by atoms with Crippen LogP contribution in [-0.2, 0) is 19.7 Å². The van der Waals surface area contributed by atoms with Gasteiger partial charge in [0.05, 0.1) is 5.69 Å². The fourth-order valence-corrected chi connectivity index (χ4v) is 3.46. The van der Waals surface area contributed by atoms with Crippen LogP contribution >= 0.6 is 0 Å². The summed E-state index contributed by atoms with van der Waals surface area (Å²) in [5.41, 5.74) is 3.07. The second-order valence-electron chi connectivity index (χ2n) is 7.20. The maximum atomic E-state index is 12.8. The molecule has 1 aromatic carbocycles. The van der Waals surface area contributed by atoms with Crippen LogP contribution in [0.5, 0.6) is 17.2 Å². The van der Waals surface area contributed by atoms with Gasteiger partial charge in [0.2, 0.25) is 6.79 Å². The largest absolute Gasteiger partial charge is 0.486 e. The molecular weight excluding hydrogens is 386 g/mol. The van der Waals surface area contributed by atoms with Crippen molar-refractivity contribution in [2.75, 3.05) is 13.8 Å². The first-order chi connectivity index (χ1) is 14.5. The minimum Gasteiger partial charge on any atom is -0.486 e. The van der Waals surface area contributed by atoms with E-state index in [9.17, 15) is 4.79 Å². The van der Waals surface area contributed by atoms with Gasteiger partial charge in [0, 0.05) is 37.5 Å². The van der Waals surface area contributed by atoms with Crippen LogP contribution in [0.25, 0.3) is 0 Å². The van der Waals surface area contributed by atoms with Gasteiger partial charge in [-0.2, -0.15) is 5.10 Å². The number of aryl methyl sites for hydroxylation is 2. The maximum absolute atomic E-state index is 12.8. The predicted molar refractivity (Wildman–Crippen MR) is 109 cm³/mol. The molecule has 1 amide bonds. The van der Waals surface area contributed by atoms with Gasteiger partial charge in [0.15, 0.2) is 17.3 Å². The number of furan rings is 1. The molecule has 30 heavy (non-hydrogen) atoms. The van der Waals surface area contributed by atoms with Crippen molar-refractivity contribution >= 4 is 5.91 Å². The highest BCUT2D eigenvalue weighted by atomic mass is 16.7. The summed E-state index contributed by atoms with van der Waals surface area (Å²) in [6.45, 7) is 7.73. The summed E-state index contributed by atoms with van der Waals surface area (Å²) in [6.07, 6.45) is 0. The quantitative estimate of drug-likeness (QED) is 0.590. The molecule has 0 aliphatic carbocycles. The van der Waals surface area contributed by atoms with E-state index in [0.29, 0.717) is 29.6 Å². The fraction of sp³-hybridized carbons (Fsp3) is 0.364. The average Bonchev–Trinajstić information content (AvgIpc) is 3.46. The van der Waals surface area contributed by atoms with E-state index in [4.69, 9.17) is 18.6 Å². The first-order valence-electron chi connectivity index (χ1n) is 9.85. The van der Waals surface area contributed by atoms with Crippen LogP contribution in [0, 0.1) is 13.8 Å². The second-order valence-corrected chi connectivity index (χ2v) is 7.20. The van der Waals surface area contributed by atoms with Crippen LogP contribution in [0.4, 0.5) is 0 Å². The van der Waals surface area contributed by atoms with Crippen molar-refractivity contribution in [1.29, 1.82) is 0 Å². The molecule has 0 unspecified atom stereocenters. The number of rotatable bonds is 7. The van der Waals surface area contributed by atoms with Crippen LogP contribution in [0.15, 0.2) is 34.7 Å². The Bertz CT molecular complexity index is 1070. The van der Waals surface area contributed by atoms with Crippen molar-refractivity contribution in [2.45, 2.75) is 40.5 Å². The molecule has 0 saturated heterocycles. The van der Waals surface area contributed by atoms with Crippen LogP contribution in [0.1, 0.15) is 40.2 Å². The summed E-state index contributed by atoms with van der Waals surface area (Å²) in [7, 11) is 1.76. The summed E-state index contributed by atoms with van der Waals surface area (Å²) in [5.74, 6) is 2.65. The van der Waals surface area contributed by atoms with Gasteiger partial charge in [-0.05, 0) is 45.0 Å². The summed E-state index contributed by atoms with van der Waals surface area (Å²) >= 11 is 0. The SMILES string of the molecule is CCn1nc(C)c(CN(C)C(=O)c2ccc(COc3ccc4c(c3)OCO4)o2)c1C. The van der Waals surface area contributed by atoms with E-state index in [2.05, 4.69) is 5.10 Å². The number of aromatic nitrogens is 2. The lowest BCUT2D eigenvalue weighted by Gasteiger charge is -2.16. The molecule has 3 aromatic rings. The third kappa shape index (κ3) is 3.85. The van der Waals surface area contributed by atoms with Crippen LogP contribution < -0.4 is 14.2 Å². The standard InChI is InChI=1S/C22H25N3O5/c1-5-25-15(3)18(14(2)23-25)11-24(4)22(26)20-9-7-17(30-20)12-27-16-6-8-19-21(10-16)29-13-28-19/h6-10H,5,11-13H2,1-4H3. The normalized spacial score (nSPS) is 12.3. The van der Waals surface area contributed by atoms with E-state index in [0.717, 1.165) is 23.5 Å². The highest BCUT2D eigenvalue weighted by Crippen LogP contribution is 2.35. The van der Waals surface area contributed by atoms with Crippen molar-refractivity contribution in [1.82, 2.24) is 14.7 Å². The van der Waals surface area contributed by atoms with E-state index in [1.165, 1.54) is 0 Å². The van der Waals surface area contributed by atoms with Gasteiger partial charge in [0.25, 0.3) is 5.91 Å². The van der Waals surface area contributed by atoms with E-state index in [-0.39, 0.29) is 25.1 Å². The van der Waals surface area contributed by atoms with Crippen molar-refractivity contribution in [3.63, 3.8) is 0 Å². The van der Waals surface area contributed by atoms with Crippen molar-refractivity contribution < 1.29 is 23.4 Å². The van der Waals surface area contributed by atoms with Crippen LogP contribution in [0.3, 0.4) is 0 Å². The van der Waals surface area contributed by atoms with Crippen molar-refractivity contribution in [3.05, 3.63) is 58.8 Å². The molecule has 4 rings (SSSR count). The summed E-state index contributed by atoms with van der Waals surface area (Å²) in [6, 6.07) is 8.80. The van der Waals surface area contributed by atoms with E-state index in [1.807, 2.05) is 25.5 Å². The van der Waals surface area contributed by atoms with Crippen LogP contribution in [0.2, 0.25) is 0 Å². The molecule has 0 spiro atoms. The van der Waals surface area contributed by atoms with Crippen molar-refractivity contribution in [2.24, 2.45) is 0 Å². The minimum absolute atomic E-state index is 0.188. The Kier molecular flexibility index (Phi) is 5.39. The lowest BCUT2D eigenvalue weighted by atomic mass is 10.2. The lowest BCUT2D eigenvalue weighted by Crippen LogP contribution is -2.26. The first kappa shape index (κ1) is 19.9. The molecule has 0 atom stereocenters. The zero-order valence-corrected chi connectivity index (χ0v) is 17.6. The zero-order chi connectivity index (χ0) is 21.3. The first-order valence-corrected chi connectivity index (χ1v) is 9.85. The summed E-state index contributed by atoms with van der Waals surface area (Å²) in [4.78, 5) is 14.4. The van der Waals surface area contributed by atoms with Crippen LogP contribution in [-0.4, -0.2) is 34.4 Å². The number of hydrogen-bond acceptors (Lipinski definition) is 6. The predicted octanol–water partition coefficient (Wildman–Crippen LogP) is 3.69. The summed E-state index contributed by atoms with van der Waals surface area (Å²) in [5, 5.41) is 4.51. The molecule has 2 aromatic heterocycles. The Morgan fingerprint density at radius 3 is 2.77 bits per heavy atom. The zero-order valence-electron chi connectivity index (χ0n) is 17.6. The number of carbonyl (C=O) groups excluding carboxylic acids is 1. The highest BCUT2D eigenvalue weighted by molar-refractivity contribution is 5.91. The van der Waals surface area contributed by atoms with Gasteiger partial charge < -0.3 is 23.5 Å². The number of hydrogen-bond donors (Lipinski definition) is 0. The molecular formula is C22H25N3O5. The molecule has 8 nitrogen and oxygen atoms in total. The van der Waals surface area contributed by atoms with E-state index >= 15 is 0 Å². The van der Waals surface area contributed by atoms with Crippen molar-refractivity contribution in [3.8, 4) is 17.2 Å². The molecule has 0 N–H and O–H groups in total. The smallest absolute Gasteiger partial charge is 0.289 e. The molecule has 0 saturated carbocycles. The highest BCUT2D eigenvalue weighted by Gasteiger charge is 2.20. The molecule has 8 heteroatoms. The van der Waals surface area contributed by atoms with Gasteiger partial charge in [-0.25, -0.2) is 0 Å². The number of benzene rings is 1. The monoisotopic (exact) mass is 411 g/mol. The number of carbonyl (C=O) groups is 1. The maximum Gasteiger partial charge on any atom is 0.289 e. The fourth-order valence-electron chi connectivity index (χ4n) is 3.46. The van der Waals surface area contributed by atoms with Gasteiger partial charge in [-0.15, -0.1) is 0 Å². The Morgan fingerprint density at radius 2 is 2.00 bits per heavy atom. The second kappa shape index (κ2) is 8.14. The van der Waals surface area contributed by atoms with E-state index < -0.39 is 0 Å². The Balaban J connectivity index is 1.38. The van der Waals surface area contributed by atoms with Gasteiger partial charge in [-0.3, -0.25) is 9.48 Å². The number of nitrogens with zero attached hydrogens (tertiary/aromatic N) is 3.